The van der Waals surface area contributed by atoms with Gasteiger partial charge in [0.1, 0.15) is 17.2 Å². The number of rotatable bonds is 6. The van der Waals surface area contributed by atoms with E-state index >= 15 is 0 Å². The Labute approximate surface area is 176 Å². The lowest BCUT2D eigenvalue weighted by atomic mass is 10.1. The topological polar surface area (TPSA) is 181 Å². The van der Waals surface area contributed by atoms with Crippen LogP contribution in [0.2, 0.25) is 0 Å². The van der Waals surface area contributed by atoms with Gasteiger partial charge in [-0.2, -0.15) is 9.78 Å². The van der Waals surface area contributed by atoms with E-state index in [4.69, 9.17) is 5.73 Å². The third kappa shape index (κ3) is 4.16. The van der Waals surface area contributed by atoms with Crippen LogP contribution < -0.4 is 11.2 Å². The minimum absolute atomic E-state index is 0.0413. The van der Waals surface area contributed by atoms with Gasteiger partial charge in [0.15, 0.2) is 5.69 Å². The molecular weight excluding hydrogens is 406 g/mol. The Kier molecular flexibility index (Phi) is 5.49. The molecule has 4 rings (SSSR count). The van der Waals surface area contributed by atoms with Gasteiger partial charge in [0, 0.05) is 18.2 Å². The molecule has 1 aromatic carbocycles. The van der Waals surface area contributed by atoms with E-state index in [2.05, 4.69) is 40.7 Å². The summed E-state index contributed by atoms with van der Waals surface area (Å²) in [5, 5.41) is 38.9. The number of aromatic hydroxyl groups is 2. The Balaban J connectivity index is 1.63. The van der Waals surface area contributed by atoms with E-state index in [0.717, 1.165) is 30.6 Å². The van der Waals surface area contributed by atoms with Crippen molar-refractivity contribution < 1.29 is 19.6 Å². The average molecular weight is 427 g/mol. The van der Waals surface area contributed by atoms with E-state index in [-0.39, 0.29) is 28.8 Å². The molecule has 0 radical (unpaired) electrons. The molecule has 162 valence electrons. The molecule has 3 heterocycles. The standard InChI is InChI=1S/C18H21N9O4/c1-10(12-5-4-11(28)8-14(12)29)20-22-18(30)15-13(9-26-6-2-3-7-26)21-25-27(15)17-16(19)23-31-24-17/h4-5,8,28-29H,2-3,6-7,9H2,1H3,(H2,19,23)(H,22,30). The maximum absolute atomic E-state index is 13.0. The van der Waals surface area contributed by atoms with Gasteiger partial charge in [0.2, 0.25) is 11.6 Å². The second-order valence-electron chi connectivity index (χ2n) is 7.09. The normalized spacial score (nSPS) is 14.8. The molecule has 1 saturated heterocycles. The number of nitrogen functional groups attached to an aromatic ring is 1. The number of nitrogens with two attached hydrogens (primary N) is 1. The molecule has 0 unspecified atom stereocenters. The Bertz CT molecular complexity index is 1130. The summed E-state index contributed by atoms with van der Waals surface area (Å²) < 4.78 is 5.79. The summed E-state index contributed by atoms with van der Waals surface area (Å²) >= 11 is 0. The third-order valence-electron chi connectivity index (χ3n) is 4.92. The van der Waals surface area contributed by atoms with Crippen LogP contribution in [0.1, 0.15) is 41.5 Å². The number of amides is 1. The number of hydrogen-bond acceptors (Lipinski definition) is 11. The van der Waals surface area contributed by atoms with Crippen molar-refractivity contribution in [1.29, 1.82) is 0 Å². The van der Waals surface area contributed by atoms with Crippen LogP contribution in [0.25, 0.3) is 5.82 Å². The number of carbonyl (C=O) groups is 1. The molecule has 2 aromatic heterocycles. The maximum atomic E-state index is 13.0. The SMILES string of the molecule is CC(=NNC(=O)c1c(CN2CCCC2)nnn1-c1nonc1N)c1ccc(O)cc1O. The van der Waals surface area contributed by atoms with Crippen molar-refractivity contribution in [2.75, 3.05) is 18.8 Å². The predicted octanol–water partition coefficient (Wildman–Crippen LogP) is 0.394. The van der Waals surface area contributed by atoms with E-state index in [1.807, 2.05) is 0 Å². The van der Waals surface area contributed by atoms with Crippen molar-refractivity contribution in [3.8, 4) is 17.3 Å². The molecule has 0 spiro atoms. The van der Waals surface area contributed by atoms with Crippen LogP contribution >= 0.6 is 0 Å². The minimum atomic E-state index is -0.598. The fourth-order valence-electron chi connectivity index (χ4n) is 3.36. The summed E-state index contributed by atoms with van der Waals surface area (Å²) in [6.07, 6.45) is 2.16. The number of benzene rings is 1. The van der Waals surface area contributed by atoms with Gasteiger partial charge in [0.05, 0.1) is 5.71 Å². The van der Waals surface area contributed by atoms with Crippen molar-refractivity contribution in [1.82, 2.24) is 35.6 Å². The second kappa shape index (κ2) is 8.39. The number of phenolic OH excluding ortho intramolecular Hbond substituents is 2. The van der Waals surface area contributed by atoms with E-state index < -0.39 is 5.91 Å². The van der Waals surface area contributed by atoms with Crippen LogP contribution in [-0.2, 0) is 6.54 Å². The van der Waals surface area contributed by atoms with Gasteiger partial charge < -0.3 is 15.9 Å². The molecule has 0 atom stereocenters. The second-order valence-corrected chi connectivity index (χ2v) is 7.09. The first-order chi connectivity index (χ1) is 14.9. The Morgan fingerprint density at radius 1 is 1.29 bits per heavy atom. The zero-order valence-corrected chi connectivity index (χ0v) is 16.7. The fourth-order valence-corrected chi connectivity index (χ4v) is 3.36. The van der Waals surface area contributed by atoms with Gasteiger partial charge in [-0.1, -0.05) is 5.21 Å². The van der Waals surface area contributed by atoms with Crippen LogP contribution in [-0.4, -0.2) is 65.1 Å². The number of phenols is 2. The number of hydrogen-bond donors (Lipinski definition) is 4. The molecule has 3 aromatic rings. The first-order valence-electron chi connectivity index (χ1n) is 9.56. The number of nitrogens with one attached hydrogen (secondary N) is 1. The molecule has 0 bridgehead atoms. The van der Waals surface area contributed by atoms with Crippen LogP contribution in [0, 0.1) is 0 Å². The van der Waals surface area contributed by atoms with Gasteiger partial charge >= 0.3 is 0 Å². The first-order valence-corrected chi connectivity index (χ1v) is 9.56. The molecule has 13 nitrogen and oxygen atoms in total. The number of likely N-dealkylation sites (tertiary alicyclic amines) is 1. The molecule has 1 amide bonds. The highest BCUT2D eigenvalue weighted by Crippen LogP contribution is 2.23. The van der Waals surface area contributed by atoms with Gasteiger partial charge in [-0.25, -0.2) is 10.1 Å². The quantitative estimate of drug-likeness (QED) is 0.317. The van der Waals surface area contributed by atoms with Crippen molar-refractivity contribution in [3.63, 3.8) is 0 Å². The highest BCUT2D eigenvalue weighted by atomic mass is 16.6. The summed E-state index contributed by atoms with van der Waals surface area (Å²) in [4.78, 5) is 15.2. The molecule has 0 aliphatic carbocycles. The number of hydrazone groups is 1. The fraction of sp³-hybridized carbons (Fsp3) is 0.333. The molecular formula is C18H21N9O4. The first kappa shape index (κ1) is 20.3. The molecule has 5 N–H and O–H groups in total. The molecule has 13 heteroatoms. The molecule has 0 saturated carbocycles. The van der Waals surface area contributed by atoms with Gasteiger partial charge in [-0.3, -0.25) is 9.69 Å². The van der Waals surface area contributed by atoms with E-state index in [1.165, 1.54) is 18.2 Å². The van der Waals surface area contributed by atoms with Crippen LogP contribution in [0.15, 0.2) is 27.9 Å². The van der Waals surface area contributed by atoms with Crippen LogP contribution in [0.4, 0.5) is 5.82 Å². The maximum Gasteiger partial charge on any atom is 0.292 e. The lowest BCUT2D eigenvalue weighted by molar-refractivity contribution is 0.0944. The monoisotopic (exact) mass is 427 g/mol. The number of carbonyl (C=O) groups excluding carboxylic acids is 1. The van der Waals surface area contributed by atoms with Crippen LogP contribution in [0.3, 0.4) is 0 Å². The van der Waals surface area contributed by atoms with Gasteiger partial charge in [-0.05, 0) is 55.3 Å². The van der Waals surface area contributed by atoms with Crippen molar-refractivity contribution in [3.05, 3.63) is 35.2 Å². The summed E-state index contributed by atoms with van der Waals surface area (Å²) in [6.45, 7) is 3.83. The van der Waals surface area contributed by atoms with E-state index in [0.29, 0.717) is 23.5 Å². The Morgan fingerprint density at radius 2 is 2.06 bits per heavy atom. The number of aromatic nitrogens is 5. The lowest BCUT2D eigenvalue weighted by Crippen LogP contribution is -2.26. The number of anilines is 1. The molecule has 31 heavy (non-hydrogen) atoms. The zero-order valence-electron chi connectivity index (χ0n) is 16.7. The zero-order chi connectivity index (χ0) is 22.0. The van der Waals surface area contributed by atoms with Crippen molar-refractivity contribution >= 4 is 17.4 Å². The Hall–Kier alpha value is -4.00. The highest BCUT2D eigenvalue weighted by molar-refractivity contribution is 6.02. The summed E-state index contributed by atoms with van der Waals surface area (Å²) in [7, 11) is 0. The largest absolute Gasteiger partial charge is 0.508 e. The predicted molar refractivity (Wildman–Crippen MR) is 108 cm³/mol. The van der Waals surface area contributed by atoms with Crippen molar-refractivity contribution in [2.24, 2.45) is 5.10 Å². The summed E-state index contributed by atoms with van der Waals surface area (Å²) in [5.74, 6) is -0.849. The minimum Gasteiger partial charge on any atom is -0.508 e. The third-order valence-corrected chi connectivity index (χ3v) is 4.92. The summed E-state index contributed by atoms with van der Waals surface area (Å²) in [6, 6.07) is 4.08. The average Bonchev–Trinajstić information content (AvgIpc) is 3.47. The van der Waals surface area contributed by atoms with Gasteiger partial charge in [0.25, 0.3) is 5.91 Å². The Morgan fingerprint density at radius 3 is 2.74 bits per heavy atom. The van der Waals surface area contributed by atoms with E-state index in [9.17, 15) is 15.0 Å². The molecule has 1 aliphatic rings. The molecule has 1 aliphatic heterocycles. The highest BCUT2D eigenvalue weighted by Gasteiger charge is 2.27. The smallest absolute Gasteiger partial charge is 0.292 e. The van der Waals surface area contributed by atoms with E-state index in [1.54, 1.807) is 6.92 Å². The summed E-state index contributed by atoms with van der Waals surface area (Å²) in [5.41, 5.74) is 9.43. The number of nitrogens with zero attached hydrogens (tertiary/aromatic N) is 7. The lowest BCUT2D eigenvalue weighted by Gasteiger charge is -2.13. The van der Waals surface area contributed by atoms with Gasteiger partial charge in [-0.15, -0.1) is 5.10 Å². The molecule has 1 fully saturated rings. The van der Waals surface area contributed by atoms with Crippen LogP contribution in [0.5, 0.6) is 11.5 Å². The van der Waals surface area contributed by atoms with Crippen molar-refractivity contribution in [2.45, 2.75) is 26.3 Å².